The Morgan fingerprint density at radius 2 is 2.03 bits per heavy atom. The third-order valence-corrected chi connectivity index (χ3v) is 6.56. The van der Waals surface area contributed by atoms with Crippen molar-refractivity contribution in [1.82, 2.24) is 24.6 Å². The number of hydrogen-bond donors (Lipinski definition) is 1. The molecule has 0 aliphatic carbocycles. The van der Waals surface area contributed by atoms with Crippen molar-refractivity contribution in [2.24, 2.45) is 5.92 Å². The maximum absolute atomic E-state index is 13.9. The molecule has 1 aliphatic rings. The Morgan fingerprint density at radius 3 is 2.74 bits per heavy atom. The number of carbonyl (C=O) groups is 1. The topological polar surface area (TPSA) is 89.5 Å². The van der Waals surface area contributed by atoms with E-state index in [0.29, 0.717) is 35.3 Å². The van der Waals surface area contributed by atoms with Crippen molar-refractivity contribution >= 4 is 34.9 Å². The van der Waals surface area contributed by atoms with Gasteiger partial charge in [0.1, 0.15) is 11.9 Å². The summed E-state index contributed by atoms with van der Waals surface area (Å²) in [4.78, 5) is 20.1. The second-order valence-corrected chi connectivity index (χ2v) is 9.76. The molecule has 0 radical (unpaired) electrons. The highest BCUT2D eigenvalue weighted by molar-refractivity contribution is 6.36. The standard InChI is InChI=1S/C24H27Cl2FN6O2/c1-14(22-18(25)4-5-19(27)23(22)26)35-20-6-16(7-29-24(20)28)17-8-30-33(12-17)11-15-9-32(10-15)21(34)13-31(2)3/h4-8,12,14-15H,9-11,13H2,1-3H3,(H2,28,29). The van der Waals surface area contributed by atoms with Gasteiger partial charge in [-0.15, -0.1) is 0 Å². The predicted molar refractivity (Wildman–Crippen MR) is 134 cm³/mol. The first-order valence-electron chi connectivity index (χ1n) is 11.1. The summed E-state index contributed by atoms with van der Waals surface area (Å²) >= 11 is 12.3. The Kier molecular flexibility index (Phi) is 7.49. The van der Waals surface area contributed by atoms with Crippen LogP contribution in [0, 0.1) is 11.7 Å². The van der Waals surface area contributed by atoms with Gasteiger partial charge in [0, 0.05) is 59.7 Å². The summed E-state index contributed by atoms with van der Waals surface area (Å²) in [5.74, 6) is 0.439. The molecule has 1 atom stereocenters. The summed E-state index contributed by atoms with van der Waals surface area (Å²) in [6.45, 7) is 4.30. The van der Waals surface area contributed by atoms with Gasteiger partial charge in [0.05, 0.1) is 17.8 Å². The van der Waals surface area contributed by atoms with E-state index in [1.165, 1.54) is 12.1 Å². The number of amides is 1. The second-order valence-electron chi connectivity index (χ2n) is 8.98. The fourth-order valence-electron chi connectivity index (χ4n) is 4.01. The first-order valence-corrected chi connectivity index (χ1v) is 11.9. The summed E-state index contributed by atoms with van der Waals surface area (Å²) in [6.07, 6.45) is 4.64. The van der Waals surface area contributed by atoms with Crippen LogP contribution in [0.25, 0.3) is 11.1 Å². The Hall–Kier alpha value is -2.88. The van der Waals surface area contributed by atoms with Crippen molar-refractivity contribution in [3.63, 3.8) is 0 Å². The Balaban J connectivity index is 1.43. The average Bonchev–Trinajstić information content (AvgIpc) is 3.23. The van der Waals surface area contributed by atoms with Crippen molar-refractivity contribution < 1.29 is 13.9 Å². The molecule has 186 valence electrons. The summed E-state index contributed by atoms with van der Waals surface area (Å²) in [7, 11) is 3.77. The van der Waals surface area contributed by atoms with Gasteiger partial charge < -0.3 is 20.3 Å². The molecular formula is C24H27Cl2FN6O2. The van der Waals surface area contributed by atoms with Gasteiger partial charge in [-0.1, -0.05) is 23.2 Å². The number of nitrogens with zero attached hydrogens (tertiary/aromatic N) is 5. The molecule has 2 N–H and O–H groups in total. The third kappa shape index (κ3) is 5.69. The minimum Gasteiger partial charge on any atom is -0.482 e. The van der Waals surface area contributed by atoms with E-state index in [-0.39, 0.29) is 16.7 Å². The van der Waals surface area contributed by atoms with E-state index in [2.05, 4.69) is 10.1 Å². The molecule has 11 heteroatoms. The van der Waals surface area contributed by atoms with Crippen molar-refractivity contribution in [2.45, 2.75) is 19.6 Å². The van der Waals surface area contributed by atoms with E-state index in [0.717, 1.165) is 24.2 Å². The van der Waals surface area contributed by atoms with E-state index in [4.69, 9.17) is 33.7 Å². The monoisotopic (exact) mass is 520 g/mol. The molecule has 1 amide bonds. The summed E-state index contributed by atoms with van der Waals surface area (Å²) in [6, 6.07) is 4.40. The van der Waals surface area contributed by atoms with Gasteiger partial charge in [-0.05, 0) is 39.2 Å². The van der Waals surface area contributed by atoms with Gasteiger partial charge >= 0.3 is 0 Å². The molecule has 1 saturated heterocycles. The summed E-state index contributed by atoms with van der Waals surface area (Å²) in [5, 5.41) is 4.66. The number of likely N-dealkylation sites (tertiary alicyclic amines) is 1. The maximum atomic E-state index is 13.9. The Labute approximate surface area is 213 Å². The zero-order valence-electron chi connectivity index (χ0n) is 19.7. The van der Waals surface area contributed by atoms with Crippen LogP contribution in [0.5, 0.6) is 5.75 Å². The number of rotatable bonds is 8. The first-order chi connectivity index (χ1) is 16.6. The second kappa shape index (κ2) is 10.4. The highest BCUT2D eigenvalue weighted by atomic mass is 35.5. The lowest BCUT2D eigenvalue weighted by atomic mass is 10.00. The van der Waals surface area contributed by atoms with Crippen molar-refractivity contribution in [1.29, 1.82) is 0 Å². The van der Waals surface area contributed by atoms with Gasteiger partial charge in [-0.2, -0.15) is 5.10 Å². The normalized spacial score (nSPS) is 14.8. The number of benzene rings is 1. The molecule has 2 aromatic heterocycles. The van der Waals surface area contributed by atoms with E-state index in [9.17, 15) is 9.18 Å². The predicted octanol–water partition coefficient (Wildman–Crippen LogP) is 4.13. The molecule has 35 heavy (non-hydrogen) atoms. The van der Waals surface area contributed by atoms with Crippen LogP contribution in [0.1, 0.15) is 18.6 Å². The first kappa shape index (κ1) is 25.2. The Morgan fingerprint density at radius 1 is 1.29 bits per heavy atom. The van der Waals surface area contributed by atoms with Crippen LogP contribution >= 0.6 is 23.2 Å². The van der Waals surface area contributed by atoms with Gasteiger partial charge in [0.25, 0.3) is 0 Å². The number of likely N-dealkylation sites (N-methyl/N-ethyl adjacent to an activating group) is 1. The molecule has 1 aromatic carbocycles. The zero-order valence-corrected chi connectivity index (χ0v) is 21.2. The molecule has 4 rings (SSSR count). The number of pyridine rings is 1. The van der Waals surface area contributed by atoms with Crippen LogP contribution in [0.4, 0.5) is 10.2 Å². The lowest BCUT2D eigenvalue weighted by molar-refractivity contribution is -0.138. The number of nitrogens with two attached hydrogens (primary N) is 1. The molecular weight excluding hydrogens is 494 g/mol. The largest absolute Gasteiger partial charge is 0.482 e. The molecule has 0 spiro atoms. The van der Waals surface area contributed by atoms with Gasteiger partial charge in [0.15, 0.2) is 11.6 Å². The minimum absolute atomic E-state index is 0.0908. The molecule has 1 fully saturated rings. The fraction of sp³-hybridized carbons (Fsp3) is 0.375. The maximum Gasteiger partial charge on any atom is 0.236 e. The van der Waals surface area contributed by atoms with E-state index in [1.54, 1.807) is 25.4 Å². The quantitative estimate of drug-likeness (QED) is 0.449. The van der Waals surface area contributed by atoms with Crippen LogP contribution in [0.15, 0.2) is 36.8 Å². The van der Waals surface area contributed by atoms with Crippen molar-refractivity contribution in [3.05, 3.63) is 58.2 Å². The zero-order chi connectivity index (χ0) is 25.3. The van der Waals surface area contributed by atoms with Crippen LogP contribution in [0.2, 0.25) is 10.0 Å². The molecule has 3 aromatic rings. The molecule has 3 heterocycles. The Bertz CT molecular complexity index is 1230. The minimum atomic E-state index is -0.662. The number of ether oxygens (including phenoxy) is 1. The van der Waals surface area contributed by atoms with Crippen LogP contribution < -0.4 is 10.5 Å². The fourth-order valence-corrected chi connectivity index (χ4v) is 4.69. The third-order valence-electron chi connectivity index (χ3n) is 5.84. The number of hydrogen-bond acceptors (Lipinski definition) is 6. The number of carbonyl (C=O) groups excluding carboxylic acids is 1. The van der Waals surface area contributed by atoms with E-state index < -0.39 is 11.9 Å². The van der Waals surface area contributed by atoms with Gasteiger partial charge in [0.2, 0.25) is 5.91 Å². The van der Waals surface area contributed by atoms with E-state index >= 15 is 0 Å². The van der Waals surface area contributed by atoms with Crippen molar-refractivity contribution in [3.8, 4) is 16.9 Å². The molecule has 0 saturated carbocycles. The molecule has 1 aliphatic heterocycles. The van der Waals surface area contributed by atoms with Crippen LogP contribution in [-0.2, 0) is 11.3 Å². The van der Waals surface area contributed by atoms with Gasteiger partial charge in [-0.25, -0.2) is 9.37 Å². The molecule has 0 bridgehead atoms. The number of aromatic nitrogens is 3. The van der Waals surface area contributed by atoms with Crippen LogP contribution in [-0.4, -0.2) is 64.2 Å². The number of nitrogen functional groups attached to an aromatic ring is 1. The average molecular weight is 521 g/mol. The highest BCUT2D eigenvalue weighted by Gasteiger charge is 2.31. The highest BCUT2D eigenvalue weighted by Crippen LogP contribution is 2.37. The smallest absolute Gasteiger partial charge is 0.236 e. The lowest BCUT2D eigenvalue weighted by Crippen LogP contribution is -2.53. The van der Waals surface area contributed by atoms with Crippen LogP contribution in [0.3, 0.4) is 0 Å². The van der Waals surface area contributed by atoms with Gasteiger partial charge in [-0.3, -0.25) is 9.48 Å². The molecule has 1 unspecified atom stereocenters. The van der Waals surface area contributed by atoms with E-state index in [1.807, 2.05) is 34.8 Å². The lowest BCUT2D eigenvalue weighted by Gasteiger charge is -2.39. The van der Waals surface area contributed by atoms with Crippen molar-refractivity contribution in [2.75, 3.05) is 39.5 Å². The summed E-state index contributed by atoms with van der Waals surface area (Å²) < 4.78 is 21.8. The molecule has 8 nitrogen and oxygen atoms in total. The summed E-state index contributed by atoms with van der Waals surface area (Å²) in [5.41, 5.74) is 7.98. The number of anilines is 1. The SMILES string of the molecule is CC(Oc1cc(-c2cnn(CC3CN(C(=O)CN(C)C)C3)c2)cnc1N)c1c(Cl)ccc(F)c1Cl. The number of halogens is 3.